The summed E-state index contributed by atoms with van der Waals surface area (Å²) >= 11 is 0. The average molecular weight is 643 g/mol. The number of carbonyl (C=O) groups is 3. The number of anilines is 2. The summed E-state index contributed by atoms with van der Waals surface area (Å²) in [7, 11) is 3.42. The van der Waals surface area contributed by atoms with Crippen LogP contribution < -0.4 is 15.0 Å². The van der Waals surface area contributed by atoms with Gasteiger partial charge in [-0.05, 0) is 82.0 Å². The van der Waals surface area contributed by atoms with E-state index >= 15 is 0 Å². The van der Waals surface area contributed by atoms with Crippen LogP contribution in [0.4, 0.5) is 33.7 Å². The Balaban J connectivity index is 1.53. The zero-order valence-electron chi connectivity index (χ0n) is 25.5. The van der Waals surface area contributed by atoms with Gasteiger partial charge >= 0.3 is 18.2 Å². The number of rotatable bonds is 12. The van der Waals surface area contributed by atoms with E-state index in [2.05, 4.69) is 5.32 Å². The molecule has 2 amide bonds. The van der Waals surface area contributed by atoms with Crippen LogP contribution in [0.15, 0.2) is 79.0 Å². The number of ether oxygens (including phenoxy) is 2. The number of halogens is 4. The molecule has 3 aromatic carbocycles. The van der Waals surface area contributed by atoms with Crippen molar-refractivity contribution in [3.63, 3.8) is 0 Å². The molecule has 0 bridgehead atoms. The van der Waals surface area contributed by atoms with Gasteiger partial charge in [-0.3, -0.25) is 24.0 Å². The quantitative estimate of drug-likeness (QED) is 0.135. The van der Waals surface area contributed by atoms with Crippen molar-refractivity contribution < 1.29 is 41.4 Å². The summed E-state index contributed by atoms with van der Waals surface area (Å²) in [5.74, 6) is -1.21. The molecule has 0 radical (unpaired) electrons. The predicted molar refractivity (Wildman–Crippen MR) is 166 cm³/mol. The minimum atomic E-state index is -4.48. The Bertz CT molecular complexity index is 1660. The Labute approximate surface area is 263 Å². The standard InChI is InChI=1S/C33H34F4N4O5/c1-4-45-31(43)29(39(2)3)16-17-30(42)41-21-27(26-20-23(34)12-15-28(26)41)38-32(44)40(24-8-6-5-7-9-24)18-19-46-25-13-10-22(11-14-25)33(35,36)37/h5-15,20-21,29H,4,16-19H2,1-3H3,(H,38,44). The topological polar surface area (TPSA) is 93.1 Å². The summed E-state index contributed by atoms with van der Waals surface area (Å²) in [5, 5.41) is 3.04. The number of alkyl halides is 3. The maximum atomic E-state index is 14.4. The van der Waals surface area contributed by atoms with Crippen molar-refractivity contribution in [1.29, 1.82) is 0 Å². The second kappa shape index (κ2) is 14.9. The molecule has 13 heteroatoms. The molecule has 0 aliphatic rings. The molecule has 0 aliphatic carbocycles. The SMILES string of the molecule is CCOC(=O)C(CCC(=O)n1cc(NC(=O)N(CCOc2ccc(C(F)(F)F)cc2)c2ccccc2)c2cc(F)ccc21)N(C)C. The number of fused-ring (bicyclic) bond motifs is 1. The van der Waals surface area contributed by atoms with Gasteiger partial charge < -0.3 is 14.8 Å². The van der Waals surface area contributed by atoms with E-state index < -0.39 is 35.6 Å². The van der Waals surface area contributed by atoms with E-state index in [1.807, 2.05) is 0 Å². The van der Waals surface area contributed by atoms with Gasteiger partial charge in [0, 0.05) is 23.7 Å². The fourth-order valence-corrected chi connectivity index (χ4v) is 4.85. The number of benzene rings is 3. The average Bonchev–Trinajstić information content (AvgIpc) is 3.36. The highest BCUT2D eigenvalue weighted by atomic mass is 19.4. The van der Waals surface area contributed by atoms with Crippen molar-refractivity contribution >= 4 is 40.2 Å². The summed E-state index contributed by atoms with van der Waals surface area (Å²) in [4.78, 5) is 42.4. The highest BCUT2D eigenvalue weighted by Crippen LogP contribution is 2.31. The molecule has 4 rings (SSSR count). The lowest BCUT2D eigenvalue weighted by molar-refractivity contribution is -0.148. The van der Waals surface area contributed by atoms with Crippen LogP contribution in [0.2, 0.25) is 0 Å². The summed E-state index contributed by atoms with van der Waals surface area (Å²) in [6, 6.07) is 15.4. The van der Waals surface area contributed by atoms with Crippen LogP contribution >= 0.6 is 0 Å². The van der Waals surface area contributed by atoms with Gasteiger partial charge in [0.25, 0.3) is 0 Å². The van der Waals surface area contributed by atoms with E-state index in [0.717, 1.165) is 12.1 Å². The second-order valence-electron chi connectivity index (χ2n) is 10.5. The third-order valence-corrected chi connectivity index (χ3v) is 7.17. The number of esters is 1. The van der Waals surface area contributed by atoms with Crippen molar-refractivity contribution in [1.82, 2.24) is 9.47 Å². The zero-order chi connectivity index (χ0) is 33.4. The first-order valence-electron chi connectivity index (χ1n) is 14.5. The Hall–Kier alpha value is -4.91. The lowest BCUT2D eigenvalue weighted by atomic mass is 10.1. The molecular weight excluding hydrogens is 608 g/mol. The monoisotopic (exact) mass is 642 g/mol. The Morgan fingerprint density at radius 1 is 0.978 bits per heavy atom. The Kier molecular flexibility index (Phi) is 11.0. The maximum absolute atomic E-state index is 14.4. The first-order chi connectivity index (χ1) is 21.9. The number of aromatic nitrogens is 1. The van der Waals surface area contributed by atoms with Crippen LogP contribution in [0.25, 0.3) is 10.9 Å². The number of para-hydroxylation sites is 1. The van der Waals surface area contributed by atoms with Gasteiger partial charge in [0.15, 0.2) is 0 Å². The van der Waals surface area contributed by atoms with E-state index in [4.69, 9.17) is 9.47 Å². The van der Waals surface area contributed by atoms with E-state index in [-0.39, 0.29) is 55.3 Å². The van der Waals surface area contributed by atoms with Gasteiger partial charge in [-0.1, -0.05) is 18.2 Å². The molecule has 1 N–H and O–H groups in total. The van der Waals surface area contributed by atoms with Crippen LogP contribution in [-0.4, -0.2) is 67.3 Å². The summed E-state index contributed by atoms with van der Waals surface area (Å²) in [6.07, 6.45) is -2.93. The largest absolute Gasteiger partial charge is 0.492 e. The van der Waals surface area contributed by atoms with E-state index in [1.54, 1.807) is 56.3 Å². The third kappa shape index (κ3) is 8.42. The maximum Gasteiger partial charge on any atom is 0.416 e. The third-order valence-electron chi connectivity index (χ3n) is 7.17. The Morgan fingerprint density at radius 2 is 1.67 bits per heavy atom. The van der Waals surface area contributed by atoms with Crippen molar-refractivity contribution in [3.05, 3.63) is 90.4 Å². The number of nitrogens with zero attached hydrogens (tertiary/aromatic N) is 3. The summed E-state index contributed by atoms with van der Waals surface area (Å²) < 4.78 is 65.1. The van der Waals surface area contributed by atoms with Crippen LogP contribution in [0.1, 0.15) is 30.1 Å². The van der Waals surface area contributed by atoms with Gasteiger partial charge in [0.2, 0.25) is 5.91 Å². The van der Waals surface area contributed by atoms with Gasteiger partial charge in [0.1, 0.15) is 24.2 Å². The summed E-state index contributed by atoms with van der Waals surface area (Å²) in [5.41, 5.74) is 0.217. The number of nitrogens with one attached hydrogen (secondary N) is 1. The number of amides is 2. The second-order valence-corrected chi connectivity index (χ2v) is 10.5. The van der Waals surface area contributed by atoms with Crippen molar-refractivity contribution in [2.45, 2.75) is 32.0 Å². The molecule has 1 atom stereocenters. The number of urea groups is 1. The molecule has 1 heterocycles. The van der Waals surface area contributed by atoms with Crippen LogP contribution in [-0.2, 0) is 15.7 Å². The summed E-state index contributed by atoms with van der Waals surface area (Å²) in [6.45, 7) is 1.84. The van der Waals surface area contributed by atoms with Crippen molar-refractivity contribution in [2.24, 2.45) is 0 Å². The van der Waals surface area contributed by atoms with E-state index in [1.165, 1.54) is 46.0 Å². The molecule has 46 heavy (non-hydrogen) atoms. The highest BCUT2D eigenvalue weighted by Gasteiger charge is 2.30. The minimum absolute atomic E-state index is 0.00256. The zero-order valence-corrected chi connectivity index (χ0v) is 25.5. The molecule has 9 nitrogen and oxygen atoms in total. The number of likely N-dealkylation sites (N-methyl/N-ethyl adjacent to an activating group) is 1. The molecule has 4 aromatic rings. The van der Waals surface area contributed by atoms with Gasteiger partial charge in [0.05, 0.1) is 29.9 Å². The van der Waals surface area contributed by atoms with Crippen LogP contribution in [0.5, 0.6) is 5.75 Å². The van der Waals surface area contributed by atoms with Gasteiger partial charge in [-0.2, -0.15) is 13.2 Å². The van der Waals surface area contributed by atoms with Crippen LogP contribution in [0, 0.1) is 5.82 Å². The lowest BCUT2D eigenvalue weighted by Gasteiger charge is -2.23. The van der Waals surface area contributed by atoms with Crippen molar-refractivity contribution in [3.8, 4) is 5.75 Å². The molecule has 1 unspecified atom stereocenters. The highest BCUT2D eigenvalue weighted by molar-refractivity contribution is 6.09. The fourth-order valence-electron chi connectivity index (χ4n) is 4.85. The van der Waals surface area contributed by atoms with Crippen molar-refractivity contribution in [2.75, 3.05) is 44.1 Å². The molecule has 0 saturated heterocycles. The normalized spacial score (nSPS) is 12.2. The molecule has 1 aromatic heterocycles. The van der Waals surface area contributed by atoms with Gasteiger partial charge in [-0.25, -0.2) is 9.18 Å². The van der Waals surface area contributed by atoms with Crippen LogP contribution in [0.3, 0.4) is 0 Å². The number of hydrogen-bond acceptors (Lipinski definition) is 6. The first-order valence-corrected chi connectivity index (χ1v) is 14.5. The molecular formula is C33H34F4N4O5. The fraction of sp³-hybridized carbons (Fsp3) is 0.303. The molecule has 0 saturated carbocycles. The smallest absolute Gasteiger partial charge is 0.416 e. The molecule has 0 fully saturated rings. The Morgan fingerprint density at radius 3 is 2.30 bits per heavy atom. The molecule has 0 aliphatic heterocycles. The van der Waals surface area contributed by atoms with Gasteiger partial charge in [-0.15, -0.1) is 0 Å². The lowest BCUT2D eigenvalue weighted by Crippen LogP contribution is -2.38. The predicted octanol–water partition coefficient (Wildman–Crippen LogP) is 6.83. The number of carbonyl (C=O) groups excluding carboxylic acids is 3. The van der Waals surface area contributed by atoms with E-state index in [9.17, 15) is 31.9 Å². The molecule has 244 valence electrons. The molecule has 0 spiro atoms. The van der Waals surface area contributed by atoms with E-state index in [0.29, 0.717) is 11.2 Å². The number of hydrogen-bond donors (Lipinski definition) is 1. The minimum Gasteiger partial charge on any atom is -0.492 e. The first kappa shape index (κ1) is 34.0.